The summed E-state index contributed by atoms with van der Waals surface area (Å²) in [5, 5.41) is 11.7. The molecule has 0 bridgehead atoms. The number of carbonyl (C=O) groups is 1. The highest BCUT2D eigenvalue weighted by atomic mass is 35.5. The van der Waals surface area contributed by atoms with Crippen LogP contribution < -0.4 is 5.32 Å². The molecule has 0 radical (unpaired) electrons. The molecular weight excluding hydrogens is 293 g/mol. The minimum Gasteiger partial charge on any atom is -0.303 e. The van der Waals surface area contributed by atoms with Crippen LogP contribution in [-0.4, -0.2) is 22.5 Å². The van der Waals surface area contributed by atoms with Crippen molar-refractivity contribution in [3.63, 3.8) is 0 Å². The lowest BCUT2D eigenvalue weighted by atomic mass is 10.2. The second-order valence-electron chi connectivity index (χ2n) is 3.53. The van der Waals surface area contributed by atoms with Gasteiger partial charge in [0, 0.05) is 5.56 Å². The van der Waals surface area contributed by atoms with Crippen LogP contribution in [0.5, 0.6) is 0 Å². The van der Waals surface area contributed by atoms with Crippen LogP contribution in [0.1, 0.15) is 12.5 Å². The number of hydrogen-bond acceptors (Lipinski definition) is 4. The van der Waals surface area contributed by atoms with Gasteiger partial charge in [-0.3, -0.25) is 4.79 Å². The minimum atomic E-state index is -0.136. The van der Waals surface area contributed by atoms with Gasteiger partial charge in [-0.1, -0.05) is 41.0 Å². The van der Waals surface area contributed by atoms with Crippen LogP contribution in [0.2, 0.25) is 10.0 Å². The van der Waals surface area contributed by atoms with Crippen LogP contribution in [0.3, 0.4) is 0 Å². The van der Waals surface area contributed by atoms with Gasteiger partial charge in [-0.25, -0.2) is 0 Å². The fraction of sp³-hybridized carbons (Fsp3) is 0.182. The van der Waals surface area contributed by atoms with Gasteiger partial charge in [-0.2, -0.15) is 5.10 Å². The largest absolute Gasteiger partial charge is 0.303 e. The van der Waals surface area contributed by atoms with Gasteiger partial charge in [0.1, 0.15) is 0 Å². The third kappa shape index (κ3) is 3.04. The van der Waals surface area contributed by atoms with E-state index in [9.17, 15) is 4.79 Å². The highest BCUT2D eigenvalue weighted by Crippen LogP contribution is 2.22. The number of benzene rings is 1. The fourth-order valence-corrected chi connectivity index (χ4v) is 2.53. The molecule has 94 valence electrons. The number of carbonyl (C=O) groups excluding carboxylic acids is 1. The van der Waals surface area contributed by atoms with Crippen molar-refractivity contribution in [3.8, 4) is 0 Å². The Labute approximate surface area is 118 Å². The normalized spacial score (nSPS) is 21.8. The number of nitrogens with zero attached hydrogens (tertiary/aromatic N) is 2. The van der Waals surface area contributed by atoms with Crippen molar-refractivity contribution in [2.75, 3.05) is 0 Å². The first-order chi connectivity index (χ1) is 8.58. The summed E-state index contributed by atoms with van der Waals surface area (Å²) in [4.78, 5) is 11.2. The molecule has 7 heteroatoms. The quantitative estimate of drug-likeness (QED) is 0.674. The molecule has 1 heterocycles. The first kappa shape index (κ1) is 13.4. The van der Waals surface area contributed by atoms with E-state index in [4.69, 9.17) is 23.2 Å². The fourth-order valence-electron chi connectivity index (χ4n) is 1.28. The highest BCUT2D eigenvalue weighted by Gasteiger charge is 2.25. The maximum absolute atomic E-state index is 11.2. The Balaban J connectivity index is 2.13. The second kappa shape index (κ2) is 5.73. The first-order valence-electron chi connectivity index (χ1n) is 5.10. The van der Waals surface area contributed by atoms with Gasteiger partial charge in [0.15, 0.2) is 5.17 Å². The molecule has 0 spiro atoms. The van der Waals surface area contributed by atoms with Gasteiger partial charge >= 0.3 is 0 Å². The summed E-state index contributed by atoms with van der Waals surface area (Å²) in [6, 6.07) is 5.19. The van der Waals surface area contributed by atoms with Gasteiger partial charge in [-0.15, -0.1) is 5.10 Å². The first-order valence-corrected chi connectivity index (χ1v) is 6.74. The Morgan fingerprint density at radius 1 is 1.39 bits per heavy atom. The van der Waals surface area contributed by atoms with Crippen molar-refractivity contribution in [1.82, 2.24) is 5.32 Å². The van der Waals surface area contributed by atoms with Crippen molar-refractivity contribution in [2.24, 2.45) is 10.2 Å². The summed E-state index contributed by atoms with van der Waals surface area (Å²) in [6.45, 7) is 1.80. The molecule has 0 unspecified atom stereocenters. The van der Waals surface area contributed by atoms with Crippen molar-refractivity contribution < 1.29 is 4.79 Å². The molecule has 0 saturated carbocycles. The third-order valence-electron chi connectivity index (χ3n) is 2.22. The van der Waals surface area contributed by atoms with Crippen molar-refractivity contribution in [2.45, 2.75) is 12.2 Å². The van der Waals surface area contributed by atoms with Gasteiger partial charge in [-0.05, 0) is 19.1 Å². The van der Waals surface area contributed by atoms with Crippen molar-refractivity contribution in [1.29, 1.82) is 0 Å². The smallest absolute Gasteiger partial charge is 0.239 e. The number of amides is 1. The molecule has 1 aliphatic heterocycles. The van der Waals surface area contributed by atoms with Crippen LogP contribution >= 0.6 is 35.0 Å². The molecular formula is C11H9Cl2N3OS. The van der Waals surface area contributed by atoms with Gasteiger partial charge in [0.25, 0.3) is 0 Å². The summed E-state index contributed by atoms with van der Waals surface area (Å²) < 4.78 is 0. The van der Waals surface area contributed by atoms with Crippen LogP contribution in [0.25, 0.3) is 0 Å². The SMILES string of the molecule is C[C@@H]1S/C(=N\N=C/c2c(Cl)cccc2Cl)NC1=O. The average Bonchev–Trinajstić information content (AvgIpc) is 2.62. The number of halogens is 2. The van der Waals surface area contributed by atoms with Gasteiger partial charge in [0.05, 0.1) is 21.5 Å². The maximum atomic E-state index is 11.2. The molecule has 1 fully saturated rings. The predicted molar refractivity (Wildman–Crippen MR) is 76.7 cm³/mol. The molecule has 1 aliphatic rings. The Morgan fingerprint density at radius 2 is 2.06 bits per heavy atom. The van der Waals surface area contributed by atoms with Crippen LogP contribution in [0.4, 0.5) is 0 Å². The van der Waals surface area contributed by atoms with Gasteiger partial charge < -0.3 is 5.32 Å². The zero-order valence-electron chi connectivity index (χ0n) is 9.35. The predicted octanol–water partition coefficient (Wildman–Crippen LogP) is 2.93. The summed E-state index contributed by atoms with van der Waals surface area (Å²) in [5.74, 6) is -0.0651. The molecule has 1 aromatic carbocycles. The summed E-state index contributed by atoms with van der Waals surface area (Å²) >= 11 is 13.3. The standard InChI is InChI=1S/C11H9Cl2N3OS/c1-6-10(17)15-11(18-6)16-14-5-7-8(12)3-2-4-9(7)13/h2-6H,1H3,(H,15,16,17)/b14-5-/t6-/m0/s1. The molecule has 18 heavy (non-hydrogen) atoms. The van der Waals surface area contributed by atoms with E-state index >= 15 is 0 Å². The molecule has 2 rings (SSSR count). The minimum absolute atomic E-state index is 0.0651. The summed E-state index contributed by atoms with van der Waals surface area (Å²) in [5.41, 5.74) is 0.604. The molecule has 1 N–H and O–H groups in total. The highest BCUT2D eigenvalue weighted by molar-refractivity contribution is 8.15. The van der Waals surface area contributed by atoms with Crippen molar-refractivity contribution >= 4 is 52.3 Å². The Kier molecular flexibility index (Phi) is 4.27. The van der Waals surface area contributed by atoms with E-state index in [1.807, 2.05) is 0 Å². The molecule has 4 nitrogen and oxygen atoms in total. The zero-order valence-corrected chi connectivity index (χ0v) is 11.7. The monoisotopic (exact) mass is 301 g/mol. The molecule has 1 aromatic rings. The molecule has 1 saturated heterocycles. The Bertz CT molecular complexity index is 525. The van der Waals surface area contributed by atoms with E-state index in [2.05, 4.69) is 15.5 Å². The number of nitrogens with one attached hydrogen (secondary N) is 1. The van der Waals surface area contributed by atoms with E-state index in [0.29, 0.717) is 20.8 Å². The van der Waals surface area contributed by atoms with E-state index in [0.717, 1.165) is 0 Å². The van der Waals surface area contributed by atoms with E-state index < -0.39 is 0 Å². The second-order valence-corrected chi connectivity index (χ2v) is 5.68. The third-order valence-corrected chi connectivity index (χ3v) is 3.86. The van der Waals surface area contributed by atoms with Crippen LogP contribution in [0, 0.1) is 0 Å². The number of rotatable bonds is 2. The molecule has 1 amide bonds. The maximum Gasteiger partial charge on any atom is 0.239 e. The zero-order chi connectivity index (χ0) is 13.1. The number of thioether (sulfide) groups is 1. The van der Waals surface area contributed by atoms with E-state index in [-0.39, 0.29) is 11.2 Å². The van der Waals surface area contributed by atoms with E-state index in [1.165, 1.54) is 18.0 Å². The topological polar surface area (TPSA) is 53.8 Å². The Hall–Kier alpha value is -1.04. The van der Waals surface area contributed by atoms with Gasteiger partial charge in [0.2, 0.25) is 5.91 Å². The van der Waals surface area contributed by atoms with Crippen LogP contribution in [-0.2, 0) is 4.79 Å². The summed E-state index contributed by atoms with van der Waals surface area (Å²) in [7, 11) is 0. The molecule has 0 aromatic heterocycles. The number of amidine groups is 1. The van der Waals surface area contributed by atoms with Crippen LogP contribution in [0.15, 0.2) is 28.4 Å². The number of hydrogen-bond donors (Lipinski definition) is 1. The Morgan fingerprint density at radius 3 is 2.61 bits per heavy atom. The molecule has 1 atom stereocenters. The lowest BCUT2D eigenvalue weighted by molar-refractivity contribution is -0.118. The van der Waals surface area contributed by atoms with E-state index in [1.54, 1.807) is 25.1 Å². The lowest BCUT2D eigenvalue weighted by Crippen LogP contribution is -2.23. The van der Waals surface area contributed by atoms with Crippen molar-refractivity contribution in [3.05, 3.63) is 33.8 Å². The lowest BCUT2D eigenvalue weighted by Gasteiger charge is -1.98. The summed E-state index contributed by atoms with van der Waals surface area (Å²) in [6.07, 6.45) is 1.47. The average molecular weight is 302 g/mol. The molecule has 0 aliphatic carbocycles.